The molecule has 3 rings (SSSR count). The molecule has 2 amide bonds. The topological polar surface area (TPSA) is 101 Å². The molecule has 8 heteroatoms. The number of hydrogen-bond donors (Lipinski definition) is 2. The lowest BCUT2D eigenvalue weighted by atomic mass is 10.1. The van der Waals surface area contributed by atoms with Gasteiger partial charge in [-0.25, -0.2) is 0 Å². The monoisotopic (exact) mass is 423 g/mol. The van der Waals surface area contributed by atoms with Gasteiger partial charge in [0.25, 0.3) is 17.5 Å². The highest BCUT2D eigenvalue weighted by Gasteiger charge is 2.18. The van der Waals surface area contributed by atoms with Gasteiger partial charge in [-0.1, -0.05) is 35.9 Å². The summed E-state index contributed by atoms with van der Waals surface area (Å²) in [6.45, 7) is 3.82. The number of nitro benzene ring substituents is 1. The first-order valence-corrected chi connectivity index (χ1v) is 9.37. The van der Waals surface area contributed by atoms with Crippen LogP contribution in [0.3, 0.4) is 0 Å². The van der Waals surface area contributed by atoms with E-state index in [-0.39, 0.29) is 27.7 Å². The quantitative estimate of drug-likeness (QED) is 0.425. The van der Waals surface area contributed by atoms with Crippen LogP contribution in [0.5, 0.6) is 0 Å². The average molecular weight is 424 g/mol. The molecule has 0 aliphatic heterocycles. The molecule has 0 fully saturated rings. The summed E-state index contributed by atoms with van der Waals surface area (Å²) in [6, 6.07) is 15.9. The number of para-hydroxylation sites is 1. The number of nitro groups is 1. The second-order valence-corrected chi connectivity index (χ2v) is 7.10. The number of halogens is 1. The number of benzene rings is 3. The Balaban J connectivity index is 1.85. The fourth-order valence-electron chi connectivity index (χ4n) is 2.84. The van der Waals surface area contributed by atoms with Crippen molar-refractivity contribution in [2.45, 2.75) is 13.8 Å². The molecule has 0 atom stereocenters. The van der Waals surface area contributed by atoms with Crippen molar-refractivity contribution in [3.05, 3.63) is 98.1 Å². The highest BCUT2D eigenvalue weighted by Crippen LogP contribution is 2.25. The van der Waals surface area contributed by atoms with Crippen LogP contribution in [0.1, 0.15) is 31.8 Å². The number of aryl methyl sites for hydroxylation is 2. The number of nitrogens with zero attached hydrogens (tertiary/aromatic N) is 1. The standard InChI is InChI=1S/C22H18ClN3O4/c1-13-7-8-14(2)20(11-13)25-22(28)17-5-3-4-6-19(17)24-21(27)16-10-9-15(26(29)30)12-18(16)23/h3-12H,1-2H3,(H,24,27)(H,25,28). The molecule has 3 aromatic rings. The molecule has 0 aromatic heterocycles. The summed E-state index contributed by atoms with van der Waals surface area (Å²) in [5.41, 5.74) is 3.00. The first-order chi connectivity index (χ1) is 14.3. The number of anilines is 2. The third-order valence-corrected chi connectivity index (χ3v) is 4.78. The second-order valence-electron chi connectivity index (χ2n) is 6.69. The highest BCUT2D eigenvalue weighted by molar-refractivity contribution is 6.34. The molecule has 0 heterocycles. The average Bonchev–Trinajstić information content (AvgIpc) is 2.70. The molecule has 0 aliphatic carbocycles. The fourth-order valence-corrected chi connectivity index (χ4v) is 3.10. The first-order valence-electron chi connectivity index (χ1n) is 8.99. The minimum Gasteiger partial charge on any atom is -0.322 e. The fraction of sp³-hybridized carbons (Fsp3) is 0.0909. The van der Waals surface area contributed by atoms with E-state index in [4.69, 9.17) is 11.6 Å². The van der Waals surface area contributed by atoms with Gasteiger partial charge in [-0.05, 0) is 49.2 Å². The largest absolute Gasteiger partial charge is 0.322 e. The molecular weight excluding hydrogens is 406 g/mol. The Labute approximate surface area is 177 Å². The van der Waals surface area contributed by atoms with Gasteiger partial charge in [0.2, 0.25) is 0 Å². The van der Waals surface area contributed by atoms with E-state index in [0.717, 1.165) is 17.2 Å². The number of nitrogens with one attached hydrogen (secondary N) is 2. The van der Waals surface area contributed by atoms with Gasteiger partial charge in [0.15, 0.2) is 0 Å². The van der Waals surface area contributed by atoms with Crippen molar-refractivity contribution in [1.29, 1.82) is 0 Å². The van der Waals surface area contributed by atoms with E-state index in [1.54, 1.807) is 24.3 Å². The smallest absolute Gasteiger partial charge is 0.270 e. The SMILES string of the molecule is Cc1ccc(C)c(NC(=O)c2ccccc2NC(=O)c2ccc([N+](=O)[O-])cc2Cl)c1. The lowest BCUT2D eigenvalue weighted by Gasteiger charge is -2.13. The molecular formula is C22H18ClN3O4. The first kappa shape index (κ1) is 21.0. The molecule has 0 radical (unpaired) electrons. The van der Waals surface area contributed by atoms with Crippen molar-refractivity contribution in [3.8, 4) is 0 Å². The molecule has 0 bridgehead atoms. The van der Waals surface area contributed by atoms with Crippen LogP contribution in [-0.4, -0.2) is 16.7 Å². The highest BCUT2D eigenvalue weighted by atomic mass is 35.5. The van der Waals surface area contributed by atoms with Crippen LogP contribution in [0.15, 0.2) is 60.7 Å². The summed E-state index contributed by atoms with van der Waals surface area (Å²) < 4.78 is 0. The summed E-state index contributed by atoms with van der Waals surface area (Å²) >= 11 is 6.03. The molecule has 152 valence electrons. The molecule has 30 heavy (non-hydrogen) atoms. The molecule has 0 aliphatic rings. The van der Waals surface area contributed by atoms with E-state index in [1.807, 2.05) is 32.0 Å². The molecule has 7 nitrogen and oxygen atoms in total. The van der Waals surface area contributed by atoms with E-state index in [1.165, 1.54) is 12.1 Å². The van der Waals surface area contributed by atoms with Crippen molar-refractivity contribution in [2.75, 3.05) is 10.6 Å². The van der Waals surface area contributed by atoms with Crippen LogP contribution in [0.2, 0.25) is 5.02 Å². The maximum absolute atomic E-state index is 12.8. The van der Waals surface area contributed by atoms with Crippen LogP contribution in [0.25, 0.3) is 0 Å². The van der Waals surface area contributed by atoms with Crippen LogP contribution in [0, 0.1) is 24.0 Å². The number of carbonyl (C=O) groups is 2. The van der Waals surface area contributed by atoms with Gasteiger partial charge in [-0.2, -0.15) is 0 Å². The van der Waals surface area contributed by atoms with E-state index in [9.17, 15) is 19.7 Å². The Morgan fingerprint density at radius 1 is 0.867 bits per heavy atom. The van der Waals surface area contributed by atoms with Crippen molar-refractivity contribution in [3.63, 3.8) is 0 Å². The summed E-state index contributed by atoms with van der Waals surface area (Å²) in [5, 5.41) is 16.3. The Bertz CT molecular complexity index is 1160. The number of carbonyl (C=O) groups excluding carboxylic acids is 2. The maximum atomic E-state index is 12.8. The molecule has 0 saturated heterocycles. The molecule has 3 aromatic carbocycles. The third kappa shape index (κ3) is 4.64. The zero-order valence-electron chi connectivity index (χ0n) is 16.2. The van der Waals surface area contributed by atoms with E-state index in [0.29, 0.717) is 11.4 Å². The zero-order valence-corrected chi connectivity index (χ0v) is 17.0. The number of amides is 2. The molecule has 0 saturated carbocycles. The van der Waals surface area contributed by atoms with Gasteiger partial charge in [0.1, 0.15) is 0 Å². The van der Waals surface area contributed by atoms with Gasteiger partial charge in [-0.3, -0.25) is 19.7 Å². The van der Waals surface area contributed by atoms with Gasteiger partial charge in [-0.15, -0.1) is 0 Å². The maximum Gasteiger partial charge on any atom is 0.270 e. The van der Waals surface area contributed by atoms with E-state index < -0.39 is 10.8 Å². The van der Waals surface area contributed by atoms with Gasteiger partial charge in [0, 0.05) is 17.8 Å². The minimum atomic E-state index is -0.597. The van der Waals surface area contributed by atoms with Crippen molar-refractivity contribution in [1.82, 2.24) is 0 Å². The second kappa shape index (κ2) is 8.75. The molecule has 0 unspecified atom stereocenters. The molecule has 2 N–H and O–H groups in total. The Kier molecular flexibility index (Phi) is 6.13. The van der Waals surface area contributed by atoms with Gasteiger partial charge >= 0.3 is 0 Å². The van der Waals surface area contributed by atoms with Crippen molar-refractivity contribution >= 4 is 40.5 Å². The predicted octanol–water partition coefficient (Wildman–Crippen LogP) is 5.37. The van der Waals surface area contributed by atoms with Crippen LogP contribution in [0.4, 0.5) is 17.1 Å². The summed E-state index contributed by atoms with van der Waals surface area (Å²) in [5.74, 6) is -0.962. The van der Waals surface area contributed by atoms with Crippen LogP contribution >= 0.6 is 11.6 Å². The Hall–Kier alpha value is -3.71. The zero-order chi connectivity index (χ0) is 21.8. The number of hydrogen-bond acceptors (Lipinski definition) is 4. The summed E-state index contributed by atoms with van der Waals surface area (Å²) in [4.78, 5) is 35.7. The van der Waals surface area contributed by atoms with Crippen molar-refractivity contribution in [2.24, 2.45) is 0 Å². The lowest BCUT2D eigenvalue weighted by molar-refractivity contribution is -0.384. The summed E-state index contributed by atoms with van der Waals surface area (Å²) in [6.07, 6.45) is 0. The Morgan fingerprint density at radius 2 is 1.53 bits per heavy atom. The normalized spacial score (nSPS) is 10.4. The van der Waals surface area contributed by atoms with Gasteiger partial charge < -0.3 is 10.6 Å². The van der Waals surface area contributed by atoms with Gasteiger partial charge in [0.05, 0.1) is 26.8 Å². The lowest BCUT2D eigenvalue weighted by Crippen LogP contribution is -2.19. The van der Waals surface area contributed by atoms with Crippen molar-refractivity contribution < 1.29 is 14.5 Å². The number of non-ortho nitro benzene ring substituents is 1. The van der Waals surface area contributed by atoms with E-state index in [2.05, 4.69) is 10.6 Å². The summed E-state index contributed by atoms with van der Waals surface area (Å²) in [7, 11) is 0. The number of rotatable bonds is 5. The Morgan fingerprint density at radius 3 is 2.23 bits per heavy atom. The van der Waals surface area contributed by atoms with Crippen LogP contribution in [-0.2, 0) is 0 Å². The van der Waals surface area contributed by atoms with Crippen LogP contribution < -0.4 is 10.6 Å². The minimum absolute atomic E-state index is 0.0565. The third-order valence-electron chi connectivity index (χ3n) is 4.47. The predicted molar refractivity (Wildman–Crippen MR) is 116 cm³/mol. The van der Waals surface area contributed by atoms with E-state index >= 15 is 0 Å². The molecule has 0 spiro atoms.